The summed E-state index contributed by atoms with van der Waals surface area (Å²) < 4.78 is 42.9. The molecule has 0 saturated carbocycles. The zero-order chi connectivity index (χ0) is 29.0. The smallest absolute Gasteiger partial charge is 0.366 e. The monoisotopic (exact) mass is 566 g/mol. The number of amides is 1. The normalized spacial score (nSPS) is 15.3. The second-order valence-corrected chi connectivity index (χ2v) is 12.1. The van der Waals surface area contributed by atoms with E-state index in [4.69, 9.17) is 4.74 Å². The van der Waals surface area contributed by atoms with Crippen LogP contribution in [0.4, 0.5) is 11.6 Å². The van der Waals surface area contributed by atoms with E-state index in [9.17, 15) is 17.8 Å². The van der Waals surface area contributed by atoms with Crippen molar-refractivity contribution >= 4 is 27.8 Å². The number of hydrogen-bond acceptors (Lipinski definition) is 7. The Hall–Kier alpha value is -3.50. The van der Waals surface area contributed by atoms with Gasteiger partial charge in [-0.15, -0.1) is 0 Å². The molecule has 1 atom stereocenters. The van der Waals surface area contributed by atoms with E-state index in [2.05, 4.69) is 14.9 Å². The predicted molar refractivity (Wildman–Crippen MR) is 156 cm³/mol. The molecular formula is C30H38N4O5S. The summed E-state index contributed by atoms with van der Waals surface area (Å²) in [6.45, 7) is 8.97. The SMILES string of the molecule is COc1cccc(C(C(=O)N(c2c(C(C)C)cccc2C(C)C)S(=O)(=O)O)C2CCN(c3ncccn3)CC2)c1. The molecule has 4 rings (SSSR count). The van der Waals surface area contributed by atoms with Crippen molar-refractivity contribution < 1.29 is 22.5 Å². The fraction of sp³-hybridized carbons (Fsp3) is 0.433. The molecule has 1 aromatic heterocycles. The lowest BCUT2D eigenvalue weighted by Crippen LogP contribution is -2.45. The van der Waals surface area contributed by atoms with Crippen molar-refractivity contribution in [3.8, 4) is 5.75 Å². The average Bonchev–Trinajstić information content (AvgIpc) is 2.93. The molecule has 1 aliphatic heterocycles. The van der Waals surface area contributed by atoms with Crippen molar-refractivity contribution in [3.63, 3.8) is 0 Å². The first-order chi connectivity index (χ1) is 19.0. The number of rotatable bonds is 9. The van der Waals surface area contributed by atoms with Crippen molar-refractivity contribution in [1.29, 1.82) is 0 Å². The zero-order valence-corrected chi connectivity index (χ0v) is 24.5. The Labute approximate surface area is 237 Å². The highest BCUT2D eigenvalue weighted by Crippen LogP contribution is 2.42. The molecule has 10 heteroatoms. The number of carbonyl (C=O) groups excluding carboxylic acids is 1. The van der Waals surface area contributed by atoms with E-state index in [1.54, 1.807) is 43.8 Å². The number of aromatic nitrogens is 2. The van der Waals surface area contributed by atoms with Crippen LogP contribution in [-0.2, 0) is 15.1 Å². The summed E-state index contributed by atoms with van der Waals surface area (Å²) in [4.78, 5) is 25.4. The van der Waals surface area contributed by atoms with Gasteiger partial charge in [0.2, 0.25) is 11.9 Å². The van der Waals surface area contributed by atoms with E-state index < -0.39 is 22.1 Å². The first kappa shape index (κ1) is 29.5. The van der Waals surface area contributed by atoms with Crippen molar-refractivity contribution in [2.24, 2.45) is 5.92 Å². The molecule has 0 aliphatic carbocycles. The molecule has 40 heavy (non-hydrogen) atoms. The summed E-state index contributed by atoms with van der Waals surface area (Å²) in [6.07, 6.45) is 4.60. The molecule has 0 radical (unpaired) electrons. The van der Waals surface area contributed by atoms with Gasteiger partial charge >= 0.3 is 10.3 Å². The molecule has 2 heterocycles. The van der Waals surface area contributed by atoms with Gasteiger partial charge in [-0.1, -0.05) is 58.0 Å². The highest BCUT2D eigenvalue weighted by atomic mass is 32.2. The molecular weight excluding hydrogens is 528 g/mol. The van der Waals surface area contributed by atoms with E-state index in [-0.39, 0.29) is 23.4 Å². The lowest BCUT2D eigenvalue weighted by Gasteiger charge is -2.37. The minimum Gasteiger partial charge on any atom is -0.497 e. The molecule has 1 N–H and O–H groups in total. The van der Waals surface area contributed by atoms with Crippen molar-refractivity contribution in [2.45, 2.75) is 58.3 Å². The highest BCUT2D eigenvalue weighted by molar-refractivity contribution is 7.88. The maximum absolute atomic E-state index is 14.6. The van der Waals surface area contributed by atoms with Crippen LogP contribution in [0.15, 0.2) is 60.9 Å². The fourth-order valence-electron chi connectivity index (χ4n) is 5.55. The molecule has 214 valence electrons. The van der Waals surface area contributed by atoms with Gasteiger partial charge in [0.15, 0.2) is 0 Å². The average molecular weight is 567 g/mol. The van der Waals surface area contributed by atoms with Crippen LogP contribution in [0.25, 0.3) is 0 Å². The largest absolute Gasteiger partial charge is 0.497 e. The van der Waals surface area contributed by atoms with Crippen LogP contribution in [0.3, 0.4) is 0 Å². The lowest BCUT2D eigenvalue weighted by molar-refractivity contribution is -0.120. The molecule has 3 aromatic rings. The van der Waals surface area contributed by atoms with Crippen LogP contribution in [0, 0.1) is 5.92 Å². The summed E-state index contributed by atoms with van der Waals surface area (Å²) in [5, 5.41) is 0. The van der Waals surface area contributed by atoms with E-state index in [1.807, 2.05) is 52.0 Å². The Morgan fingerprint density at radius 2 is 1.55 bits per heavy atom. The second-order valence-electron chi connectivity index (χ2n) is 10.8. The van der Waals surface area contributed by atoms with Crippen molar-refractivity contribution in [1.82, 2.24) is 9.97 Å². The predicted octanol–water partition coefficient (Wildman–Crippen LogP) is 5.57. The van der Waals surface area contributed by atoms with Gasteiger partial charge in [-0.3, -0.25) is 9.35 Å². The van der Waals surface area contributed by atoms with Gasteiger partial charge in [-0.2, -0.15) is 12.7 Å². The number of nitrogens with zero attached hydrogens (tertiary/aromatic N) is 4. The molecule has 2 aromatic carbocycles. The Morgan fingerprint density at radius 3 is 2.08 bits per heavy atom. The van der Waals surface area contributed by atoms with Crippen LogP contribution in [0.5, 0.6) is 5.75 Å². The van der Waals surface area contributed by atoms with Crippen molar-refractivity contribution in [3.05, 3.63) is 77.6 Å². The van der Waals surface area contributed by atoms with E-state index in [1.165, 1.54) is 0 Å². The maximum Gasteiger partial charge on any atom is 0.366 e. The third-order valence-corrected chi connectivity index (χ3v) is 8.37. The standard InChI is InChI=1S/C30H38N4O5S/c1-20(2)25-11-7-12-26(21(3)4)28(25)34(40(36,37)38)29(35)27(23-9-6-10-24(19-23)39-5)22-13-17-33(18-14-22)30-31-15-8-16-32-30/h6-12,15-16,19-22,27H,13-14,17-18H2,1-5H3,(H,36,37,38). The van der Waals surface area contributed by atoms with Gasteiger partial charge < -0.3 is 9.64 Å². The first-order valence-corrected chi connectivity index (χ1v) is 15.0. The molecule has 1 saturated heterocycles. The van der Waals surface area contributed by atoms with Crippen LogP contribution in [0.2, 0.25) is 0 Å². The Morgan fingerprint density at radius 1 is 0.975 bits per heavy atom. The summed E-state index contributed by atoms with van der Waals surface area (Å²) >= 11 is 0. The third-order valence-electron chi connectivity index (χ3n) is 7.54. The summed E-state index contributed by atoms with van der Waals surface area (Å²) in [6, 6.07) is 14.4. The first-order valence-electron chi connectivity index (χ1n) is 13.6. The minimum absolute atomic E-state index is 0.0878. The van der Waals surface area contributed by atoms with Gasteiger partial charge in [-0.25, -0.2) is 9.97 Å². The lowest BCUT2D eigenvalue weighted by atomic mass is 9.79. The number of para-hydroxylation sites is 1. The number of benzene rings is 2. The van der Waals surface area contributed by atoms with Crippen LogP contribution in [-0.4, -0.2) is 49.0 Å². The second kappa shape index (κ2) is 12.3. The molecule has 1 amide bonds. The number of hydrogen-bond donors (Lipinski definition) is 1. The van der Waals surface area contributed by atoms with Gasteiger partial charge in [-0.05, 0) is 65.5 Å². The van der Waals surface area contributed by atoms with Crippen LogP contribution >= 0.6 is 0 Å². The van der Waals surface area contributed by atoms with E-state index >= 15 is 0 Å². The summed E-state index contributed by atoms with van der Waals surface area (Å²) in [5.74, 6) is -0.703. The summed E-state index contributed by atoms with van der Waals surface area (Å²) in [5.41, 5.74) is 2.23. The molecule has 0 bridgehead atoms. The molecule has 9 nitrogen and oxygen atoms in total. The Bertz CT molecular complexity index is 1390. The van der Waals surface area contributed by atoms with Gasteiger partial charge in [0, 0.05) is 25.5 Å². The zero-order valence-electron chi connectivity index (χ0n) is 23.7. The van der Waals surface area contributed by atoms with Gasteiger partial charge in [0.25, 0.3) is 0 Å². The summed E-state index contributed by atoms with van der Waals surface area (Å²) in [7, 11) is -3.42. The molecule has 1 fully saturated rings. The number of anilines is 2. The van der Waals surface area contributed by atoms with Crippen LogP contribution < -0.4 is 13.9 Å². The molecule has 1 unspecified atom stereocenters. The number of methoxy groups -OCH3 is 1. The number of ether oxygens (including phenoxy) is 1. The van der Waals surface area contributed by atoms with Gasteiger partial charge in [0.1, 0.15) is 5.75 Å². The third kappa shape index (κ3) is 6.28. The van der Waals surface area contributed by atoms with Gasteiger partial charge in [0.05, 0.1) is 18.7 Å². The number of piperidine rings is 1. The molecule has 1 aliphatic rings. The number of carbonyl (C=O) groups is 1. The van der Waals surface area contributed by atoms with E-state index in [0.29, 0.717) is 58.6 Å². The highest BCUT2D eigenvalue weighted by Gasteiger charge is 2.42. The maximum atomic E-state index is 14.6. The van der Waals surface area contributed by atoms with Crippen LogP contribution in [0.1, 0.15) is 75.0 Å². The van der Waals surface area contributed by atoms with E-state index in [0.717, 1.165) is 0 Å². The molecule has 0 spiro atoms. The quantitative estimate of drug-likeness (QED) is 0.335. The fourth-order valence-corrected chi connectivity index (χ4v) is 6.33. The topological polar surface area (TPSA) is 113 Å². The Kier molecular flexibility index (Phi) is 9.10. The minimum atomic E-state index is -4.97. The van der Waals surface area contributed by atoms with Crippen molar-refractivity contribution in [2.75, 3.05) is 29.4 Å². The Balaban J connectivity index is 1.82.